The minimum atomic E-state index is -1.25. The number of carboxylic acid groups (broad SMARTS) is 3. The predicted octanol–water partition coefficient (Wildman–Crippen LogP) is 3.10. The highest BCUT2D eigenvalue weighted by molar-refractivity contribution is 7.12. The third-order valence-corrected chi connectivity index (χ3v) is 4.88. The van der Waals surface area contributed by atoms with E-state index in [0.717, 1.165) is 5.56 Å². The molecule has 0 aliphatic carbocycles. The molecule has 23 heavy (non-hydrogen) atoms. The average Bonchev–Trinajstić information content (AvgIpc) is 2.64. The van der Waals surface area contributed by atoms with Crippen molar-refractivity contribution in [1.82, 2.24) is 0 Å². The fourth-order valence-corrected chi connectivity index (χ4v) is 3.98. The third kappa shape index (κ3) is 6.40. The molecule has 0 atom stereocenters. The van der Waals surface area contributed by atoms with Crippen LogP contribution in [0.1, 0.15) is 47.4 Å². The Morgan fingerprint density at radius 1 is 1.00 bits per heavy atom. The fraction of sp³-hybridized carbons (Fsp3) is 0.562. The summed E-state index contributed by atoms with van der Waals surface area (Å²) in [6.45, 7) is 4.01. The monoisotopic (exact) mass is 342 g/mol. The van der Waals surface area contributed by atoms with Crippen LogP contribution in [0.3, 0.4) is 0 Å². The minimum absolute atomic E-state index is 0.256. The molecule has 7 heteroatoms. The van der Waals surface area contributed by atoms with Gasteiger partial charge in [-0.1, -0.05) is 0 Å². The van der Waals surface area contributed by atoms with E-state index in [1.165, 1.54) is 9.75 Å². The van der Waals surface area contributed by atoms with Gasteiger partial charge in [-0.25, -0.2) is 0 Å². The van der Waals surface area contributed by atoms with Crippen molar-refractivity contribution >= 4 is 29.2 Å². The number of rotatable bonds is 10. The van der Waals surface area contributed by atoms with Crippen LogP contribution in [0.25, 0.3) is 0 Å². The first-order valence-electron chi connectivity index (χ1n) is 7.35. The van der Waals surface area contributed by atoms with Gasteiger partial charge < -0.3 is 15.3 Å². The van der Waals surface area contributed by atoms with Crippen LogP contribution < -0.4 is 0 Å². The second-order valence-corrected chi connectivity index (χ2v) is 7.46. The maximum absolute atomic E-state index is 11.1. The first kappa shape index (κ1) is 19.2. The highest BCUT2D eigenvalue weighted by atomic mass is 32.1. The summed E-state index contributed by atoms with van der Waals surface area (Å²) in [4.78, 5) is 35.6. The number of carbonyl (C=O) groups is 3. The standard InChI is InChI=1S/C16H22O6S/c1-10-6-12(11(2)23-10)4-3-5-16(7-13(17)18,8-14(19)20)9-15(21)22/h6H,3-5,7-9H2,1-2H3,(H,17,18)(H,19,20)(H,21,22). The molecule has 0 radical (unpaired) electrons. The van der Waals surface area contributed by atoms with Crippen LogP contribution in [-0.4, -0.2) is 33.2 Å². The topological polar surface area (TPSA) is 112 Å². The summed E-state index contributed by atoms with van der Waals surface area (Å²) in [6, 6.07) is 2.06. The van der Waals surface area contributed by atoms with Crippen molar-refractivity contribution in [1.29, 1.82) is 0 Å². The van der Waals surface area contributed by atoms with E-state index in [0.29, 0.717) is 12.8 Å². The molecule has 0 saturated heterocycles. The quantitative estimate of drug-likeness (QED) is 0.602. The maximum Gasteiger partial charge on any atom is 0.303 e. The van der Waals surface area contributed by atoms with Gasteiger partial charge in [0.2, 0.25) is 0 Å². The second kappa shape index (κ2) is 8.10. The van der Waals surface area contributed by atoms with Gasteiger partial charge in [0.25, 0.3) is 0 Å². The van der Waals surface area contributed by atoms with Crippen molar-refractivity contribution < 1.29 is 29.7 Å². The number of hydrogen-bond donors (Lipinski definition) is 3. The van der Waals surface area contributed by atoms with Crippen molar-refractivity contribution in [3.05, 3.63) is 21.4 Å². The van der Waals surface area contributed by atoms with Crippen LogP contribution in [-0.2, 0) is 20.8 Å². The van der Waals surface area contributed by atoms with Crippen molar-refractivity contribution in [2.45, 2.75) is 52.4 Å². The van der Waals surface area contributed by atoms with Gasteiger partial charge in [0.15, 0.2) is 0 Å². The van der Waals surface area contributed by atoms with E-state index in [1.54, 1.807) is 11.3 Å². The Bertz CT molecular complexity index is 549. The van der Waals surface area contributed by atoms with Gasteiger partial charge in [-0.05, 0) is 44.7 Å². The van der Waals surface area contributed by atoms with Crippen LogP contribution in [0, 0.1) is 19.3 Å². The molecule has 0 amide bonds. The Hall–Kier alpha value is -1.89. The lowest BCUT2D eigenvalue weighted by atomic mass is 9.74. The van der Waals surface area contributed by atoms with Crippen molar-refractivity contribution in [2.24, 2.45) is 5.41 Å². The van der Waals surface area contributed by atoms with Crippen LogP contribution in [0.4, 0.5) is 0 Å². The van der Waals surface area contributed by atoms with E-state index in [4.69, 9.17) is 15.3 Å². The van der Waals surface area contributed by atoms with Crippen LogP contribution in [0.2, 0.25) is 0 Å². The Labute approximate surface area is 138 Å². The smallest absolute Gasteiger partial charge is 0.303 e. The van der Waals surface area contributed by atoms with E-state index < -0.39 is 42.6 Å². The Kier molecular flexibility index (Phi) is 6.75. The molecule has 1 aromatic heterocycles. The molecule has 1 aromatic rings. The van der Waals surface area contributed by atoms with Gasteiger partial charge in [0.1, 0.15) is 0 Å². The number of thiophene rings is 1. The zero-order valence-corrected chi connectivity index (χ0v) is 14.1. The SMILES string of the molecule is Cc1cc(CCCC(CC(=O)O)(CC(=O)O)CC(=O)O)c(C)s1. The maximum atomic E-state index is 11.1. The molecule has 0 aliphatic heterocycles. The lowest BCUT2D eigenvalue weighted by Crippen LogP contribution is -2.31. The number of hydrogen-bond acceptors (Lipinski definition) is 4. The summed E-state index contributed by atoms with van der Waals surface area (Å²) in [5.41, 5.74) is -0.0926. The zero-order valence-electron chi connectivity index (χ0n) is 13.3. The molecular formula is C16H22O6S. The van der Waals surface area contributed by atoms with E-state index in [-0.39, 0.29) is 6.42 Å². The molecule has 0 bridgehead atoms. The van der Waals surface area contributed by atoms with E-state index >= 15 is 0 Å². The van der Waals surface area contributed by atoms with Crippen LogP contribution in [0.5, 0.6) is 0 Å². The summed E-state index contributed by atoms with van der Waals surface area (Å²) in [7, 11) is 0. The summed E-state index contributed by atoms with van der Waals surface area (Å²) in [5.74, 6) is -3.51. The predicted molar refractivity (Wildman–Crippen MR) is 85.9 cm³/mol. The highest BCUT2D eigenvalue weighted by Crippen LogP contribution is 2.37. The average molecular weight is 342 g/mol. The lowest BCUT2D eigenvalue weighted by molar-refractivity contribution is -0.147. The molecule has 3 N–H and O–H groups in total. The first-order chi connectivity index (χ1) is 10.6. The molecule has 0 spiro atoms. The number of aryl methyl sites for hydroxylation is 3. The summed E-state index contributed by atoms with van der Waals surface area (Å²) in [6.07, 6.45) is 0.154. The van der Waals surface area contributed by atoms with Gasteiger partial charge in [-0.2, -0.15) is 0 Å². The summed E-state index contributed by atoms with van der Waals surface area (Å²) < 4.78 is 0. The molecule has 0 aliphatic rings. The van der Waals surface area contributed by atoms with Gasteiger partial charge >= 0.3 is 17.9 Å². The molecule has 1 rings (SSSR count). The van der Waals surface area contributed by atoms with Crippen molar-refractivity contribution in [3.63, 3.8) is 0 Å². The molecular weight excluding hydrogens is 320 g/mol. The molecule has 0 aromatic carbocycles. The molecule has 1 heterocycles. The van der Waals surface area contributed by atoms with Gasteiger partial charge in [-0.15, -0.1) is 11.3 Å². The Morgan fingerprint density at radius 3 is 1.83 bits per heavy atom. The van der Waals surface area contributed by atoms with Crippen molar-refractivity contribution in [3.8, 4) is 0 Å². The summed E-state index contributed by atoms with van der Waals surface area (Å²) in [5, 5.41) is 27.2. The number of carboxylic acids is 3. The van der Waals surface area contributed by atoms with Gasteiger partial charge in [0, 0.05) is 15.2 Å². The molecule has 6 nitrogen and oxygen atoms in total. The van der Waals surface area contributed by atoms with E-state index in [1.807, 2.05) is 13.8 Å². The van der Waals surface area contributed by atoms with Gasteiger partial charge in [-0.3, -0.25) is 14.4 Å². The third-order valence-electron chi connectivity index (χ3n) is 3.88. The first-order valence-corrected chi connectivity index (χ1v) is 8.16. The highest BCUT2D eigenvalue weighted by Gasteiger charge is 2.37. The van der Waals surface area contributed by atoms with Crippen LogP contribution in [0.15, 0.2) is 6.07 Å². The molecule has 0 saturated carbocycles. The Balaban J connectivity index is 2.84. The molecule has 128 valence electrons. The lowest BCUT2D eigenvalue weighted by Gasteiger charge is -2.29. The molecule has 0 unspecified atom stereocenters. The molecule has 0 fully saturated rings. The van der Waals surface area contributed by atoms with Gasteiger partial charge in [0.05, 0.1) is 19.3 Å². The van der Waals surface area contributed by atoms with Crippen LogP contribution >= 0.6 is 11.3 Å². The number of aliphatic carboxylic acids is 3. The zero-order chi connectivity index (χ0) is 17.6. The van der Waals surface area contributed by atoms with Crippen molar-refractivity contribution in [2.75, 3.05) is 0 Å². The Morgan fingerprint density at radius 2 is 1.48 bits per heavy atom. The normalized spacial score (nSPS) is 11.4. The van der Waals surface area contributed by atoms with E-state index in [9.17, 15) is 14.4 Å². The fourth-order valence-electron chi connectivity index (χ4n) is 3.00. The largest absolute Gasteiger partial charge is 0.481 e. The minimum Gasteiger partial charge on any atom is -0.481 e. The second-order valence-electron chi connectivity index (χ2n) is 6.00. The van der Waals surface area contributed by atoms with E-state index in [2.05, 4.69) is 6.07 Å². The summed E-state index contributed by atoms with van der Waals surface area (Å²) >= 11 is 1.68.